The lowest BCUT2D eigenvalue weighted by atomic mass is 10.1. The van der Waals surface area contributed by atoms with Gasteiger partial charge in [0.2, 0.25) is 5.89 Å². The van der Waals surface area contributed by atoms with Crippen molar-refractivity contribution in [2.45, 2.75) is 26.5 Å². The fourth-order valence-electron chi connectivity index (χ4n) is 2.07. The highest BCUT2D eigenvalue weighted by Gasteiger charge is 2.19. The summed E-state index contributed by atoms with van der Waals surface area (Å²) >= 11 is 0. The molecule has 3 rings (SSSR count). The molecule has 10 heteroatoms. The maximum absolute atomic E-state index is 12.5. The molecule has 3 aromatic rings. The molecule has 2 aromatic heterocycles. The third-order valence-electron chi connectivity index (χ3n) is 3.24. The molecule has 130 valence electrons. The summed E-state index contributed by atoms with van der Waals surface area (Å²) in [6.07, 6.45) is 0. The molecule has 1 atom stereocenters. The Hall–Kier alpha value is -3.43. The minimum Gasteiger partial charge on any atom is -0.485 e. The second-order valence-electron chi connectivity index (χ2n) is 5.20. The topological polar surface area (TPSA) is 136 Å². The predicted molar refractivity (Wildman–Crippen MR) is 82.8 cm³/mol. The van der Waals surface area contributed by atoms with Crippen molar-refractivity contribution in [1.82, 2.24) is 25.6 Å². The first-order valence-corrected chi connectivity index (χ1v) is 7.40. The van der Waals surface area contributed by atoms with E-state index in [1.165, 1.54) is 0 Å². The van der Waals surface area contributed by atoms with Crippen molar-refractivity contribution in [3.8, 4) is 5.75 Å². The fourth-order valence-corrected chi connectivity index (χ4v) is 2.07. The van der Waals surface area contributed by atoms with Gasteiger partial charge < -0.3 is 14.6 Å². The highest BCUT2D eigenvalue weighted by molar-refractivity contribution is 5.97. The summed E-state index contributed by atoms with van der Waals surface area (Å²) in [6, 6.07) is 6.22. The average Bonchev–Trinajstić information content (AvgIpc) is 3.21. The van der Waals surface area contributed by atoms with Crippen LogP contribution in [-0.4, -0.2) is 26.2 Å². The van der Waals surface area contributed by atoms with E-state index in [1.54, 1.807) is 38.1 Å². The van der Waals surface area contributed by atoms with Gasteiger partial charge in [0.25, 0.3) is 5.91 Å². The van der Waals surface area contributed by atoms with E-state index in [4.69, 9.17) is 9.26 Å². The number of nitrogens with one attached hydrogen (secondary N) is 2. The van der Waals surface area contributed by atoms with E-state index in [2.05, 4.69) is 30.1 Å². The molecule has 0 aliphatic heterocycles. The monoisotopic (exact) mass is 345 g/mol. The molecule has 1 amide bonds. The second kappa shape index (κ2) is 6.99. The van der Waals surface area contributed by atoms with Crippen LogP contribution in [-0.2, 0) is 6.61 Å². The third-order valence-corrected chi connectivity index (χ3v) is 3.24. The number of carbonyl (C=O) groups is 1. The lowest BCUT2D eigenvalue weighted by Gasteiger charge is -2.13. The summed E-state index contributed by atoms with van der Waals surface area (Å²) in [4.78, 5) is 29.9. The van der Waals surface area contributed by atoms with Crippen LogP contribution in [0.2, 0.25) is 0 Å². The van der Waals surface area contributed by atoms with Gasteiger partial charge in [-0.25, -0.2) is 4.79 Å². The van der Waals surface area contributed by atoms with Crippen LogP contribution >= 0.6 is 0 Å². The summed E-state index contributed by atoms with van der Waals surface area (Å²) in [5.41, 5.74) is 0.316. The van der Waals surface area contributed by atoms with Crippen LogP contribution < -0.4 is 15.8 Å². The van der Waals surface area contributed by atoms with Crippen LogP contribution in [0.4, 0.5) is 0 Å². The van der Waals surface area contributed by atoms with Crippen LogP contribution in [0.5, 0.6) is 5.75 Å². The Labute approximate surface area is 141 Å². The van der Waals surface area contributed by atoms with Crippen molar-refractivity contribution in [2.75, 3.05) is 0 Å². The number of amides is 1. The van der Waals surface area contributed by atoms with Gasteiger partial charge in [-0.15, -0.1) is 0 Å². The maximum atomic E-state index is 12.5. The van der Waals surface area contributed by atoms with E-state index in [9.17, 15) is 9.59 Å². The third kappa shape index (κ3) is 3.91. The van der Waals surface area contributed by atoms with Gasteiger partial charge in [-0.2, -0.15) is 4.98 Å². The van der Waals surface area contributed by atoms with Crippen LogP contribution in [0.1, 0.15) is 40.9 Å². The van der Waals surface area contributed by atoms with E-state index >= 15 is 0 Å². The highest BCUT2D eigenvalue weighted by Crippen LogP contribution is 2.20. The number of aromatic nitrogens is 4. The van der Waals surface area contributed by atoms with Crippen LogP contribution in [0.15, 0.2) is 38.1 Å². The largest absolute Gasteiger partial charge is 0.485 e. The van der Waals surface area contributed by atoms with Gasteiger partial charge in [0.1, 0.15) is 18.4 Å². The first kappa shape index (κ1) is 16.4. The molecule has 0 aliphatic rings. The summed E-state index contributed by atoms with van der Waals surface area (Å²) in [5, 5.41) is 9.95. The molecular formula is C15H15N5O5. The molecule has 0 bridgehead atoms. The Morgan fingerprint density at radius 2 is 2.12 bits per heavy atom. The number of H-pyrrole nitrogens is 1. The molecule has 1 unspecified atom stereocenters. The Bertz CT molecular complexity index is 928. The zero-order chi connectivity index (χ0) is 17.8. The number of hydrogen-bond acceptors (Lipinski definition) is 8. The number of aromatic amines is 1. The van der Waals surface area contributed by atoms with E-state index in [1.807, 2.05) is 0 Å². The summed E-state index contributed by atoms with van der Waals surface area (Å²) in [5.74, 6) is 0.305. The molecule has 2 heterocycles. The first-order chi connectivity index (χ1) is 12.0. The van der Waals surface area contributed by atoms with Crippen molar-refractivity contribution in [2.24, 2.45) is 0 Å². The first-order valence-electron chi connectivity index (χ1n) is 7.40. The maximum Gasteiger partial charge on any atom is 0.439 e. The minimum absolute atomic E-state index is 0.0472. The van der Waals surface area contributed by atoms with Crippen molar-refractivity contribution in [3.63, 3.8) is 0 Å². The van der Waals surface area contributed by atoms with Gasteiger partial charge in [0.05, 0.1) is 5.56 Å². The van der Waals surface area contributed by atoms with Crippen molar-refractivity contribution in [1.29, 1.82) is 0 Å². The zero-order valence-corrected chi connectivity index (χ0v) is 13.5. The minimum atomic E-state index is -0.673. The van der Waals surface area contributed by atoms with Crippen molar-refractivity contribution in [3.05, 3.63) is 57.9 Å². The average molecular weight is 345 g/mol. The number of rotatable bonds is 6. The van der Waals surface area contributed by atoms with Crippen molar-refractivity contribution < 1.29 is 18.6 Å². The number of hydrogen-bond donors (Lipinski definition) is 2. The molecule has 0 aliphatic carbocycles. The molecule has 2 N–H and O–H groups in total. The number of benzene rings is 1. The number of aryl methyl sites for hydroxylation is 1. The molecule has 0 spiro atoms. The molecule has 1 aromatic carbocycles. The molecule has 0 fully saturated rings. The normalized spacial score (nSPS) is 11.9. The Kier molecular flexibility index (Phi) is 4.59. The molecule has 0 saturated heterocycles. The number of nitrogens with zero attached hydrogens (tertiary/aromatic N) is 3. The van der Waals surface area contributed by atoms with E-state index in [0.717, 1.165) is 0 Å². The fraction of sp³-hybridized carbons (Fsp3) is 0.267. The Morgan fingerprint density at radius 1 is 1.32 bits per heavy atom. The second-order valence-corrected chi connectivity index (χ2v) is 5.20. The molecule has 0 radical (unpaired) electrons. The van der Waals surface area contributed by atoms with Gasteiger partial charge in [0.15, 0.2) is 11.6 Å². The summed E-state index contributed by atoms with van der Waals surface area (Å²) < 4.78 is 15.0. The van der Waals surface area contributed by atoms with E-state index < -0.39 is 11.8 Å². The van der Waals surface area contributed by atoms with Crippen LogP contribution in [0.3, 0.4) is 0 Å². The SMILES string of the molecule is Cc1noc(C(C)NC(=O)c2ccccc2OCc2noc(=O)[nH]2)n1. The van der Waals surface area contributed by atoms with E-state index in [0.29, 0.717) is 23.0 Å². The Morgan fingerprint density at radius 3 is 2.80 bits per heavy atom. The van der Waals surface area contributed by atoms with Crippen molar-refractivity contribution >= 4 is 5.91 Å². The lowest BCUT2D eigenvalue weighted by Crippen LogP contribution is -2.27. The quantitative estimate of drug-likeness (QED) is 0.678. The smallest absolute Gasteiger partial charge is 0.439 e. The Balaban J connectivity index is 1.70. The van der Waals surface area contributed by atoms with Gasteiger partial charge in [-0.1, -0.05) is 22.4 Å². The summed E-state index contributed by atoms with van der Waals surface area (Å²) in [6.45, 7) is 3.38. The molecular weight excluding hydrogens is 330 g/mol. The van der Waals surface area contributed by atoms with E-state index in [-0.39, 0.29) is 18.3 Å². The molecule has 10 nitrogen and oxygen atoms in total. The van der Waals surface area contributed by atoms with Gasteiger partial charge >= 0.3 is 5.76 Å². The van der Waals surface area contributed by atoms with Crippen LogP contribution in [0.25, 0.3) is 0 Å². The number of para-hydroxylation sites is 1. The van der Waals surface area contributed by atoms with Gasteiger partial charge in [-0.3, -0.25) is 14.3 Å². The highest BCUT2D eigenvalue weighted by atomic mass is 16.5. The number of carbonyl (C=O) groups excluding carboxylic acids is 1. The van der Waals surface area contributed by atoms with Gasteiger partial charge in [0, 0.05) is 0 Å². The lowest BCUT2D eigenvalue weighted by molar-refractivity contribution is 0.0927. The molecule has 25 heavy (non-hydrogen) atoms. The number of ether oxygens (including phenoxy) is 1. The van der Waals surface area contributed by atoms with Gasteiger partial charge in [-0.05, 0) is 26.0 Å². The standard InChI is InChI=1S/C15H15N5O5/c1-8(14-17-9(2)19-24-14)16-13(21)10-5-3-4-6-11(10)23-7-12-18-15(22)25-20-12/h3-6,8H,7H2,1-2H3,(H,16,21)(H,18,20,22). The summed E-state index contributed by atoms with van der Waals surface area (Å²) in [7, 11) is 0. The predicted octanol–water partition coefficient (Wildman–Crippen LogP) is 1.12. The molecule has 0 saturated carbocycles. The zero-order valence-electron chi connectivity index (χ0n) is 13.5. The van der Waals surface area contributed by atoms with Crippen LogP contribution in [0, 0.1) is 6.92 Å².